The first-order valence-corrected chi connectivity index (χ1v) is 12.6. The zero-order valence-electron chi connectivity index (χ0n) is 17.4. The maximum absolute atomic E-state index is 6.33. The topological polar surface area (TPSA) is 9.23 Å². The van der Waals surface area contributed by atoms with Gasteiger partial charge in [0.15, 0.2) is 0 Å². The summed E-state index contributed by atoms with van der Waals surface area (Å²) in [6.45, 7) is 11.3. The summed E-state index contributed by atoms with van der Waals surface area (Å²) in [6.07, 6.45) is 0. The second-order valence-corrected chi connectivity index (χ2v) is 13.3. The van der Waals surface area contributed by atoms with Crippen LogP contribution >= 0.6 is 0 Å². The Morgan fingerprint density at radius 3 is 1.61 bits per heavy atom. The summed E-state index contributed by atoms with van der Waals surface area (Å²) >= 11 is 0. The average molecular weight is 385 g/mol. The van der Waals surface area contributed by atoms with Crippen LogP contribution in [0, 0.1) is 11.8 Å². The molecule has 0 saturated heterocycles. The number of hydrogen-bond donors (Lipinski definition) is 0. The molecular weight excluding hydrogens is 356 g/mol. The van der Waals surface area contributed by atoms with Gasteiger partial charge in [0.1, 0.15) is 5.75 Å². The lowest BCUT2D eigenvalue weighted by molar-refractivity contribution is 0.492. The fraction of sp³-hybridized carbons (Fsp3) is 0.231. The van der Waals surface area contributed by atoms with E-state index in [9.17, 15) is 0 Å². The van der Waals surface area contributed by atoms with Crippen molar-refractivity contribution in [3.63, 3.8) is 0 Å². The Morgan fingerprint density at radius 2 is 1.11 bits per heavy atom. The van der Waals surface area contributed by atoms with Gasteiger partial charge < -0.3 is 4.43 Å². The van der Waals surface area contributed by atoms with Crippen LogP contribution < -0.4 is 4.43 Å². The van der Waals surface area contributed by atoms with Gasteiger partial charge in [-0.2, -0.15) is 0 Å². The van der Waals surface area contributed by atoms with Crippen molar-refractivity contribution in [3.8, 4) is 28.7 Å². The van der Waals surface area contributed by atoms with E-state index in [0.29, 0.717) is 0 Å². The predicted molar refractivity (Wildman–Crippen MR) is 122 cm³/mol. The van der Waals surface area contributed by atoms with E-state index < -0.39 is 8.32 Å². The summed E-state index contributed by atoms with van der Waals surface area (Å²) in [4.78, 5) is 0. The predicted octanol–water partition coefficient (Wildman–Crippen LogP) is 7.14. The Labute approximate surface area is 170 Å². The molecule has 0 spiro atoms. The van der Waals surface area contributed by atoms with Gasteiger partial charge in [-0.25, -0.2) is 0 Å². The van der Waals surface area contributed by atoms with Gasteiger partial charge in [-0.15, -0.1) is 0 Å². The van der Waals surface area contributed by atoms with Crippen molar-refractivity contribution in [2.45, 2.75) is 38.9 Å². The molecule has 0 unspecified atom stereocenters. The molecule has 0 N–H and O–H groups in total. The van der Waals surface area contributed by atoms with Gasteiger partial charge >= 0.3 is 0 Å². The lowest BCUT2D eigenvalue weighted by Gasteiger charge is -2.36. The normalized spacial score (nSPS) is 11.5. The van der Waals surface area contributed by atoms with Crippen molar-refractivity contribution in [1.82, 2.24) is 0 Å². The zero-order valence-corrected chi connectivity index (χ0v) is 18.4. The minimum Gasteiger partial charge on any atom is -0.544 e. The highest BCUT2D eigenvalue weighted by Gasteiger charge is 2.38. The van der Waals surface area contributed by atoms with Crippen molar-refractivity contribution >= 4 is 8.32 Å². The molecule has 0 bridgehead atoms. The van der Waals surface area contributed by atoms with Gasteiger partial charge in [-0.05, 0) is 65.7 Å². The smallest absolute Gasteiger partial charge is 0.250 e. The number of rotatable bonds is 3. The van der Waals surface area contributed by atoms with Crippen molar-refractivity contribution in [3.05, 3.63) is 90.0 Å². The molecule has 3 aromatic rings. The quantitative estimate of drug-likeness (QED) is 0.344. The van der Waals surface area contributed by atoms with Crippen LogP contribution in [0.2, 0.25) is 18.1 Å². The average Bonchev–Trinajstić information content (AvgIpc) is 2.67. The molecule has 0 radical (unpaired) electrons. The highest BCUT2D eigenvalue weighted by Crippen LogP contribution is 2.37. The van der Waals surface area contributed by atoms with Crippen molar-refractivity contribution < 1.29 is 4.43 Å². The Balaban J connectivity index is 1.69. The van der Waals surface area contributed by atoms with Crippen molar-refractivity contribution in [1.29, 1.82) is 0 Å². The van der Waals surface area contributed by atoms with E-state index in [0.717, 1.165) is 16.9 Å². The summed E-state index contributed by atoms with van der Waals surface area (Å²) in [6, 6.07) is 26.9. The zero-order chi connectivity index (χ0) is 20.2. The highest BCUT2D eigenvalue weighted by molar-refractivity contribution is 6.74. The molecule has 0 aliphatic rings. The van der Waals surface area contributed by atoms with Gasteiger partial charge in [0.2, 0.25) is 8.32 Å². The SMILES string of the molecule is CC(C)(C)[Si](C)(C)Oc1ccc(C#Cc2ccc(-c3ccccc3)cc2)cc1. The molecule has 3 rings (SSSR count). The van der Waals surface area contributed by atoms with E-state index >= 15 is 0 Å². The van der Waals surface area contributed by atoms with E-state index in [1.807, 2.05) is 30.3 Å². The second-order valence-electron chi connectivity index (χ2n) is 8.58. The Kier molecular flexibility index (Phi) is 5.77. The Hall–Kier alpha value is -2.76. The van der Waals surface area contributed by atoms with Crippen LogP contribution in [0.25, 0.3) is 11.1 Å². The molecular formula is C26H28OSi. The van der Waals surface area contributed by atoms with Crippen LogP contribution in [0.5, 0.6) is 5.75 Å². The molecule has 0 amide bonds. The third-order valence-corrected chi connectivity index (χ3v) is 9.74. The number of benzene rings is 3. The first kappa shape index (κ1) is 20.0. The third-order valence-electron chi connectivity index (χ3n) is 5.38. The molecule has 0 aromatic heterocycles. The fourth-order valence-electron chi connectivity index (χ4n) is 2.57. The van der Waals surface area contributed by atoms with Crippen LogP contribution in [0.1, 0.15) is 31.9 Å². The van der Waals surface area contributed by atoms with Gasteiger partial charge in [-0.3, -0.25) is 0 Å². The summed E-state index contributed by atoms with van der Waals surface area (Å²) < 4.78 is 6.33. The van der Waals surface area contributed by atoms with E-state index in [1.54, 1.807) is 0 Å². The highest BCUT2D eigenvalue weighted by atomic mass is 28.4. The molecule has 0 heterocycles. The Morgan fingerprint density at radius 1 is 0.643 bits per heavy atom. The van der Waals surface area contributed by atoms with Gasteiger partial charge in [-0.1, -0.05) is 75.1 Å². The first-order valence-electron chi connectivity index (χ1n) is 9.71. The first-order chi connectivity index (χ1) is 13.2. The fourth-order valence-corrected chi connectivity index (χ4v) is 3.61. The largest absolute Gasteiger partial charge is 0.544 e. The summed E-state index contributed by atoms with van der Waals surface area (Å²) in [5.74, 6) is 7.43. The second kappa shape index (κ2) is 8.08. The van der Waals surface area contributed by atoms with Crippen molar-refractivity contribution in [2.75, 3.05) is 0 Å². The van der Waals surface area contributed by atoms with Gasteiger partial charge in [0.05, 0.1) is 0 Å². The summed E-state index contributed by atoms with van der Waals surface area (Å²) in [5.41, 5.74) is 4.44. The molecule has 2 heteroatoms. The molecule has 0 aliphatic heterocycles. The van der Waals surface area contributed by atoms with Crippen LogP contribution in [0.4, 0.5) is 0 Å². The van der Waals surface area contributed by atoms with Gasteiger partial charge in [0.25, 0.3) is 0 Å². The van der Waals surface area contributed by atoms with E-state index in [1.165, 1.54) is 11.1 Å². The molecule has 1 nitrogen and oxygen atoms in total. The summed E-state index contributed by atoms with van der Waals surface area (Å²) in [5, 5.41) is 0.192. The minimum absolute atomic E-state index is 0.192. The van der Waals surface area contributed by atoms with Crippen LogP contribution in [0.15, 0.2) is 78.9 Å². The molecule has 28 heavy (non-hydrogen) atoms. The lowest BCUT2D eigenvalue weighted by Crippen LogP contribution is -2.43. The monoisotopic (exact) mass is 384 g/mol. The molecule has 3 aromatic carbocycles. The standard InChI is InChI=1S/C26H28OSi/c1-26(2,3)28(4,5)27-25-19-15-22(16-20-25)12-11-21-13-17-24(18-14-21)23-9-7-6-8-10-23/h6-10,13-20H,1-5H3. The Bertz CT molecular complexity index is 967. The molecule has 142 valence electrons. The third kappa shape index (κ3) is 4.94. The van der Waals surface area contributed by atoms with Gasteiger partial charge in [0, 0.05) is 11.1 Å². The van der Waals surface area contributed by atoms with Crippen LogP contribution in [-0.4, -0.2) is 8.32 Å². The molecule has 0 saturated carbocycles. The summed E-state index contributed by atoms with van der Waals surface area (Å²) in [7, 11) is -1.80. The van der Waals surface area contributed by atoms with Crippen LogP contribution in [-0.2, 0) is 0 Å². The van der Waals surface area contributed by atoms with E-state index in [2.05, 4.69) is 94.2 Å². The number of hydrogen-bond acceptors (Lipinski definition) is 1. The van der Waals surface area contributed by atoms with E-state index in [-0.39, 0.29) is 5.04 Å². The van der Waals surface area contributed by atoms with Crippen LogP contribution in [0.3, 0.4) is 0 Å². The molecule has 0 aliphatic carbocycles. The maximum Gasteiger partial charge on any atom is 0.250 e. The minimum atomic E-state index is -1.80. The van der Waals surface area contributed by atoms with E-state index in [4.69, 9.17) is 4.43 Å². The maximum atomic E-state index is 6.33. The molecule has 0 atom stereocenters. The lowest BCUT2D eigenvalue weighted by atomic mass is 10.0. The molecule has 0 fully saturated rings. The van der Waals surface area contributed by atoms with Crippen molar-refractivity contribution in [2.24, 2.45) is 0 Å².